The summed E-state index contributed by atoms with van der Waals surface area (Å²) >= 11 is 12.4. The third-order valence-corrected chi connectivity index (χ3v) is 8.08. The van der Waals surface area contributed by atoms with Gasteiger partial charge < -0.3 is 20.1 Å². The number of aromatic nitrogens is 1. The number of carbonyl (C=O) groups excluding carboxylic acids is 1. The Kier molecular flexibility index (Phi) is 6.94. The number of nitrogens with zero attached hydrogens (tertiary/aromatic N) is 2. The van der Waals surface area contributed by atoms with Crippen LogP contribution in [0.25, 0.3) is 11.1 Å². The maximum atomic E-state index is 14.0. The Balaban J connectivity index is 1.35. The van der Waals surface area contributed by atoms with Crippen molar-refractivity contribution in [2.75, 3.05) is 18.8 Å². The maximum Gasteiger partial charge on any atom is 0.219 e. The zero-order chi connectivity index (χ0) is 26.3. The van der Waals surface area contributed by atoms with E-state index in [1.54, 1.807) is 20.0 Å². The molecule has 0 saturated carbocycles. The smallest absolute Gasteiger partial charge is 0.219 e. The van der Waals surface area contributed by atoms with E-state index in [0.29, 0.717) is 16.3 Å². The van der Waals surface area contributed by atoms with E-state index in [1.807, 2.05) is 23.1 Å². The van der Waals surface area contributed by atoms with Crippen LogP contribution in [-0.4, -0.2) is 34.5 Å². The summed E-state index contributed by atoms with van der Waals surface area (Å²) in [5.41, 5.74) is 9.15. The fraction of sp³-hybridized carbons (Fsp3) is 0.357. The van der Waals surface area contributed by atoms with Crippen molar-refractivity contribution in [1.82, 2.24) is 9.88 Å². The minimum absolute atomic E-state index is 0.0814. The highest BCUT2D eigenvalue weighted by atomic mass is 35.5. The molecule has 6 nitrogen and oxygen atoms in total. The van der Waals surface area contributed by atoms with Gasteiger partial charge in [-0.1, -0.05) is 29.3 Å². The number of fused-ring (bicyclic) bond motifs is 1. The van der Waals surface area contributed by atoms with E-state index >= 15 is 0 Å². The molecule has 0 aliphatic carbocycles. The van der Waals surface area contributed by atoms with E-state index in [-0.39, 0.29) is 22.3 Å². The van der Waals surface area contributed by atoms with E-state index in [9.17, 15) is 9.18 Å². The molecule has 194 valence electrons. The fourth-order valence-electron chi connectivity index (χ4n) is 5.15. The number of nitrogens with two attached hydrogens (primary N) is 1. The minimum atomic E-state index is -0.655. The summed E-state index contributed by atoms with van der Waals surface area (Å²) in [6, 6.07) is 10.6. The molecule has 2 aliphatic rings. The summed E-state index contributed by atoms with van der Waals surface area (Å²) in [7, 11) is 0. The van der Waals surface area contributed by atoms with Crippen molar-refractivity contribution in [1.29, 1.82) is 0 Å². The third kappa shape index (κ3) is 5.07. The lowest BCUT2D eigenvalue weighted by atomic mass is 9.82. The summed E-state index contributed by atoms with van der Waals surface area (Å²) in [6.07, 6.45) is 4.53. The number of hydrogen-bond donors (Lipinski definition) is 1. The van der Waals surface area contributed by atoms with E-state index in [1.165, 1.54) is 12.1 Å². The van der Waals surface area contributed by atoms with Crippen LogP contribution in [0.15, 0.2) is 42.6 Å². The maximum absolute atomic E-state index is 14.0. The first-order valence-electron chi connectivity index (χ1n) is 12.3. The van der Waals surface area contributed by atoms with Gasteiger partial charge in [-0.2, -0.15) is 0 Å². The third-order valence-electron chi connectivity index (χ3n) is 7.36. The number of hydrogen-bond acceptors (Lipinski definition) is 5. The average molecular weight is 544 g/mol. The lowest BCUT2D eigenvalue weighted by Gasteiger charge is -2.44. The highest BCUT2D eigenvalue weighted by Crippen LogP contribution is 2.42. The number of aryl methyl sites for hydroxylation is 1. The number of likely N-dealkylation sites (tertiary alicyclic amines) is 1. The van der Waals surface area contributed by atoms with Gasteiger partial charge in [-0.05, 0) is 61.2 Å². The number of nitrogen functional groups attached to an aromatic ring is 1. The highest BCUT2D eigenvalue weighted by molar-refractivity contribution is 6.36. The van der Waals surface area contributed by atoms with E-state index < -0.39 is 11.9 Å². The van der Waals surface area contributed by atoms with Gasteiger partial charge in [0.1, 0.15) is 23.3 Å². The monoisotopic (exact) mass is 543 g/mol. The first-order chi connectivity index (χ1) is 17.7. The van der Waals surface area contributed by atoms with Crippen LogP contribution in [0.2, 0.25) is 10.0 Å². The molecular weight excluding hydrogens is 516 g/mol. The van der Waals surface area contributed by atoms with Gasteiger partial charge in [0.25, 0.3) is 0 Å². The normalized spacial score (nSPS) is 17.2. The lowest BCUT2D eigenvalue weighted by molar-refractivity contribution is -0.132. The number of pyridine rings is 1. The van der Waals surface area contributed by atoms with E-state index in [4.69, 9.17) is 38.4 Å². The van der Waals surface area contributed by atoms with Crippen molar-refractivity contribution in [3.63, 3.8) is 0 Å². The zero-order valence-electron chi connectivity index (χ0n) is 20.7. The molecule has 9 heteroatoms. The van der Waals surface area contributed by atoms with Crippen molar-refractivity contribution in [3.05, 3.63) is 69.6 Å². The van der Waals surface area contributed by atoms with Crippen LogP contribution in [-0.2, 0) is 11.2 Å². The van der Waals surface area contributed by atoms with Gasteiger partial charge >= 0.3 is 0 Å². The zero-order valence-corrected chi connectivity index (χ0v) is 22.2. The van der Waals surface area contributed by atoms with Crippen LogP contribution in [0, 0.1) is 5.82 Å². The van der Waals surface area contributed by atoms with Crippen molar-refractivity contribution in [3.8, 4) is 22.6 Å². The second-order valence-corrected chi connectivity index (χ2v) is 10.5. The van der Waals surface area contributed by atoms with Crippen LogP contribution >= 0.6 is 23.2 Å². The fourth-order valence-corrected chi connectivity index (χ4v) is 5.83. The Morgan fingerprint density at radius 3 is 2.65 bits per heavy atom. The van der Waals surface area contributed by atoms with Crippen molar-refractivity contribution in [2.45, 2.75) is 51.2 Å². The Morgan fingerprint density at radius 2 is 1.92 bits per heavy atom. The number of carbonyl (C=O) groups is 1. The first kappa shape index (κ1) is 25.6. The molecule has 0 unspecified atom stereocenters. The second-order valence-electron chi connectivity index (χ2n) is 9.74. The topological polar surface area (TPSA) is 77.7 Å². The molecule has 2 aliphatic heterocycles. The van der Waals surface area contributed by atoms with Crippen molar-refractivity contribution >= 4 is 34.9 Å². The molecule has 1 fully saturated rings. The second kappa shape index (κ2) is 10.0. The standard InChI is InChI=1S/C28H28Cl2FN3O3/c1-16(25-21(29)4-5-22(31)26(25)30)36-24-14-20(15-33-27(24)32)18-3-6-23-19(13-18)7-8-28(37-23)9-11-34(12-10-28)17(2)35/h3-6,13-16H,7-12H2,1-2H3,(H2,32,33)/t16-/m1/s1. The summed E-state index contributed by atoms with van der Waals surface area (Å²) in [5.74, 6) is 0.993. The minimum Gasteiger partial charge on any atom is -0.487 e. The predicted octanol–water partition coefficient (Wildman–Crippen LogP) is 6.62. The quantitative estimate of drug-likeness (QED) is 0.374. The Labute approximate surface area is 225 Å². The van der Waals surface area contributed by atoms with Gasteiger partial charge in [0.2, 0.25) is 5.91 Å². The van der Waals surface area contributed by atoms with Gasteiger partial charge in [0, 0.05) is 55.2 Å². The van der Waals surface area contributed by atoms with Crippen molar-refractivity contribution < 1.29 is 18.7 Å². The molecular formula is C28H28Cl2FN3O3. The lowest BCUT2D eigenvalue weighted by Crippen LogP contribution is -2.50. The molecule has 37 heavy (non-hydrogen) atoms. The number of halogens is 3. The highest BCUT2D eigenvalue weighted by Gasteiger charge is 2.40. The van der Waals surface area contributed by atoms with Crippen LogP contribution < -0.4 is 15.2 Å². The van der Waals surface area contributed by atoms with Crippen LogP contribution in [0.5, 0.6) is 11.5 Å². The van der Waals surface area contributed by atoms with Crippen LogP contribution in [0.4, 0.5) is 10.2 Å². The van der Waals surface area contributed by atoms with E-state index in [2.05, 4.69) is 11.1 Å². The number of amides is 1. The molecule has 3 aromatic rings. The Morgan fingerprint density at radius 1 is 1.16 bits per heavy atom. The molecule has 5 rings (SSSR count). The molecule has 1 aromatic heterocycles. The number of anilines is 1. The van der Waals surface area contributed by atoms with Gasteiger partial charge in [-0.3, -0.25) is 4.79 Å². The molecule has 0 bridgehead atoms. The van der Waals surface area contributed by atoms with Gasteiger partial charge in [0.15, 0.2) is 11.6 Å². The molecule has 1 saturated heterocycles. The summed E-state index contributed by atoms with van der Waals surface area (Å²) in [5, 5.41) is 0.225. The molecule has 1 spiro atoms. The average Bonchev–Trinajstić information content (AvgIpc) is 2.88. The molecule has 1 atom stereocenters. The molecule has 1 amide bonds. The summed E-state index contributed by atoms with van der Waals surface area (Å²) in [4.78, 5) is 17.9. The van der Waals surface area contributed by atoms with E-state index in [0.717, 1.165) is 61.2 Å². The first-order valence-corrected chi connectivity index (χ1v) is 13.0. The Bertz CT molecular complexity index is 1360. The molecule has 2 aromatic carbocycles. The number of benzene rings is 2. The van der Waals surface area contributed by atoms with Crippen molar-refractivity contribution in [2.24, 2.45) is 0 Å². The summed E-state index contributed by atoms with van der Waals surface area (Å²) in [6.45, 7) is 4.80. The SMILES string of the molecule is CC(=O)N1CCC2(CCc3cc(-c4cnc(N)c(O[C@H](C)c5c(Cl)ccc(F)c5Cl)c4)ccc3O2)CC1. The Hall–Kier alpha value is -3.03. The van der Waals surface area contributed by atoms with Gasteiger partial charge in [-0.25, -0.2) is 9.37 Å². The van der Waals surface area contributed by atoms with Crippen LogP contribution in [0.1, 0.15) is 50.3 Å². The summed E-state index contributed by atoms with van der Waals surface area (Å²) < 4.78 is 26.6. The van der Waals surface area contributed by atoms with Gasteiger partial charge in [0.05, 0.1) is 5.02 Å². The van der Waals surface area contributed by atoms with Crippen LogP contribution in [0.3, 0.4) is 0 Å². The number of rotatable bonds is 4. The molecule has 2 N–H and O–H groups in total. The predicted molar refractivity (Wildman–Crippen MR) is 143 cm³/mol. The molecule has 0 radical (unpaired) electrons. The number of piperidine rings is 1. The van der Waals surface area contributed by atoms with Gasteiger partial charge in [-0.15, -0.1) is 0 Å². The largest absolute Gasteiger partial charge is 0.487 e. The number of ether oxygens (including phenoxy) is 2. The molecule has 3 heterocycles.